The van der Waals surface area contributed by atoms with Crippen molar-refractivity contribution in [2.75, 3.05) is 5.32 Å². The van der Waals surface area contributed by atoms with E-state index in [1.165, 1.54) is 22.5 Å². The third kappa shape index (κ3) is 2.38. The minimum absolute atomic E-state index is 0.0553. The molecule has 1 aliphatic rings. The molecule has 0 aliphatic heterocycles. The first-order chi connectivity index (χ1) is 9.90. The van der Waals surface area contributed by atoms with E-state index < -0.39 is 0 Å². The summed E-state index contributed by atoms with van der Waals surface area (Å²) in [6, 6.07) is 6.23. The monoisotopic (exact) mass is 300 g/mol. The van der Waals surface area contributed by atoms with Crippen LogP contribution >= 0.6 is 11.3 Å². The fourth-order valence-electron chi connectivity index (χ4n) is 3.47. The standard InChI is InChI=1S/C17H20N2OS/c1-10-8-17(3,4)12-6-5-7-13(14(10)12)19-16(20)15-11(2)18-9-21-15/h5-7,9-10H,8H2,1-4H3,(H,19,20)/t10-/m0/s1. The molecule has 1 aromatic carbocycles. The summed E-state index contributed by atoms with van der Waals surface area (Å²) in [5, 5.41) is 3.09. The van der Waals surface area contributed by atoms with Gasteiger partial charge in [0, 0.05) is 5.69 Å². The van der Waals surface area contributed by atoms with Gasteiger partial charge in [0.1, 0.15) is 4.88 Å². The van der Waals surface area contributed by atoms with Crippen molar-refractivity contribution in [3.05, 3.63) is 45.4 Å². The minimum atomic E-state index is -0.0553. The Bertz CT molecular complexity index is 703. The number of amides is 1. The number of benzene rings is 1. The van der Waals surface area contributed by atoms with Crippen molar-refractivity contribution in [1.29, 1.82) is 0 Å². The number of anilines is 1. The Balaban J connectivity index is 1.97. The van der Waals surface area contributed by atoms with Crippen LogP contribution in [0.3, 0.4) is 0 Å². The van der Waals surface area contributed by atoms with Crippen LogP contribution in [-0.4, -0.2) is 10.9 Å². The molecule has 4 heteroatoms. The summed E-state index contributed by atoms with van der Waals surface area (Å²) in [6.45, 7) is 8.65. The molecule has 0 spiro atoms. The Morgan fingerprint density at radius 1 is 1.43 bits per heavy atom. The summed E-state index contributed by atoms with van der Waals surface area (Å²) in [5.41, 5.74) is 6.27. The van der Waals surface area contributed by atoms with Gasteiger partial charge in [0.15, 0.2) is 0 Å². The Hall–Kier alpha value is -1.68. The first kappa shape index (κ1) is 14.3. The first-order valence-electron chi connectivity index (χ1n) is 7.25. The van der Waals surface area contributed by atoms with E-state index in [-0.39, 0.29) is 11.3 Å². The Labute approximate surface area is 129 Å². The SMILES string of the molecule is Cc1ncsc1C(=O)Nc1cccc2c1[C@@H](C)CC2(C)C. The zero-order valence-electron chi connectivity index (χ0n) is 12.9. The molecule has 0 unspecified atom stereocenters. The van der Waals surface area contributed by atoms with Gasteiger partial charge in [0.25, 0.3) is 5.91 Å². The molecule has 1 N–H and O–H groups in total. The average Bonchev–Trinajstić information content (AvgIpc) is 2.92. The summed E-state index contributed by atoms with van der Waals surface area (Å²) in [6.07, 6.45) is 1.12. The number of carbonyl (C=O) groups excluding carboxylic acids is 1. The number of rotatable bonds is 2. The highest BCUT2D eigenvalue weighted by Crippen LogP contribution is 2.48. The fraction of sp³-hybridized carbons (Fsp3) is 0.412. The van der Waals surface area contributed by atoms with Gasteiger partial charge in [0.05, 0.1) is 11.2 Å². The molecule has 0 bridgehead atoms. The number of aryl methyl sites for hydroxylation is 1. The van der Waals surface area contributed by atoms with Gasteiger partial charge in [-0.15, -0.1) is 11.3 Å². The molecule has 0 radical (unpaired) electrons. The van der Waals surface area contributed by atoms with E-state index in [1.54, 1.807) is 5.51 Å². The lowest BCUT2D eigenvalue weighted by atomic mass is 9.86. The average molecular weight is 300 g/mol. The second-order valence-electron chi connectivity index (χ2n) is 6.48. The van der Waals surface area contributed by atoms with Crippen molar-refractivity contribution in [2.24, 2.45) is 0 Å². The highest BCUT2D eigenvalue weighted by atomic mass is 32.1. The normalized spacial score (nSPS) is 19.3. The number of fused-ring (bicyclic) bond motifs is 1. The van der Waals surface area contributed by atoms with E-state index in [1.807, 2.05) is 19.1 Å². The molecule has 0 saturated heterocycles. The fourth-order valence-corrected chi connectivity index (χ4v) is 4.17. The maximum atomic E-state index is 12.4. The molecule has 3 rings (SSSR count). The minimum Gasteiger partial charge on any atom is -0.321 e. The van der Waals surface area contributed by atoms with Crippen LogP contribution in [0.4, 0.5) is 5.69 Å². The van der Waals surface area contributed by atoms with Gasteiger partial charge in [-0.1, -0.05) is 32.9 Å². The Kier molecular flexibility index (Phi) is 3.36. The van der Waals surface area contributed by atoms with Crippen LogP contribution in [0.1, 0.15) is 59.6 Å². The van der Waals surface area contributed by atoms with Crippen LogP contribution in [0.5, 0.6) is 0 Å². The van der Waals surface area contributed by atoms with Crippen LogP contribution in [0.2, 0.25) is 0 Å². The highest BCUT2D eigenvalue weighted by molar-refractivity contribution is 7.12. The van der Waals surface area contributed by atoms with E-state index in [4.69, 9.17) is 0 Å². The summed E-state index contributed by atoms with van der Waals surface area (Å²) in [5.74, 6) is 0.411. The molecule has 2 aromatic rings. The van der Waals surface area contributed by atoms with E-state index in [2.05, 4.69) is 37.1 Å². The predicted molar refractivity (Wildman–Crippen MR) is 87.3 cm³/mol. The van der Waals surface area contributed by atoms with E-state index in [0.717, 1.165) is 17.8 Å². The van der Waals surface area contributed by atoms with Gasteiger partial charge in [-0.3, -0.25) is 4.79 Å². The largest absolute Gasteiger partial charge is 0.321 e. The van der Waals surface area contributed by atoms with Crippen molar-refractivity contribution in [1.82, 2.24) is 4.98 Å². The number of nitrogens with zero attached hydrogens (tertiary/aromatic N) is 1. The zero-order valence-corrected chi connectivity index (χ0v) is 13.7. The molecule has 0 saturated carbocycles. The third-order valence-electron chi connectivity index (χ3n) is 4.34. The van der Waals surface area contributed by atoms with Crippen LogP contribution < -0.4 is 5.32 Å². The lowest BCUT2D eigenvalue weighted by Gasteiger charge is -2.19. The maximum Gasteiger partial charge on any atom is 0.267 e. The van der Waals surface area contributed by atoms with Gasteiger partial charge >= 0.3 is 0 Å². The lowest BCUT2D eigenvalue weighted by molar-refractivity contribution is 0.102. The third-order valence-corrected chi connectivity index (χ3v) is 5.27. The second kappa shape index (κ2) is 4.95. The molecule has 21 heavy (non-hydrogen) atoms. The van der Waals surface area contributed by atoms with E-state index in [0.29, 0.717) is 10.8 Å². The van der Waals surface area contributed by atoms with Gasteiger partial charge in [-0.25, -0.2) is 4.98 Å². The molecule has 110 valence electrons. The van der Waals surface area contributed by atoms with Gasteiger partial charge in [-0.2, -0.15) is 0 Å². The molecule has 1 atom stereocenters. The van der Waals surface area contributed by atoms with Crippen LogP contribution in [-0.2, 0) is 5.41 Å². The molecule has 1 heterocycles. The van der Waals surface area contributed by atoms with Gasteiger partial charge in [0.2, 0.25) is 0 Å². The molecule has 1 aliphatic carbocycles. The topological polar surface area (TPSA) is 42.0 Å². The summed E-state index contributed by atoms with van der Waals surface area (Å²) in [7, 11) is 0. The smallest absolute Gasteiger partial charge is 0.267 e. The summed E-state index contributed by atoms with van der Waals surface area (Å²) >= 11 is 1.39. The number of carbonyl (C=O) groups is 1. The summed E-state index contributed by atoms with van der Waals surface area (Å²) < 4.78 is 0. The van der Waals surface area contributed by atoms with Crippen molar-refractivity contribution >= 4 is 22.9 Å². The first-order valence-corrected chi connectivity index (χ1v) is 8.13. The maximum absolute atomic E-state index is 12.4. The number of aromatic nitrogens is 1. The highest BCUT2D eigenvalue weighted by Gasteiger charge is 2.36. The number of nitrogens with one attached hydrogen (secondary N) is 1. The molecule has 3 nitrogen and oxygen atoms in total. The van der Waals surface area contributed by atoms with Crippen LogP contribution in [0.15, 0.2) is 23.7 Å². The Morgan fingerprint density at radius 3 is 2.86 bits per heavy atom. The molecule has 0 fully saturated rings. The van der Waals surface area contributed by atoms with Crippen molar-refractivity contribution in [2.45, 2.75) is 45.4 Å². The van der Waals surface area contributed by atoms with Gasteiger partial charge < -0.3 is 5.32 Å². The molecule has 1 aromatic heterocycles. The Morgan fingerprint density at radius 2 is 2.19 bits per heavy atom. The lowest BCUT2D eigenvalue weighted by Crippen LogP contribution is -2.14. The van der Waals surface area contributed by atoms with E-state index in [9.17, 15) is 4.79 Å². The van der Waals surface area contributed by atoms with Crippen LogP contribution in [0.25, 0.3) is 0 Å². The summed E-state index contributed by atoms with van der Waals surface area (Å²) in [4.78, 5) is 17.3. The molecule has 1 amide bonds. The van der Waals surface area contributed by atoms with Crippen molar-refractivity contribution in [3.63, 3.8) is 0 Å². The van der Waals surface area contributed by atoms with Gasteiger partial charge in [-0.05, 0) is 41.9 Å². The molecular formula is C17H20N2OS. The van der Waals surface area contributed by atoms with E-state index >= 15 is 0 Å². The quantitative estimate of drug-likeness (QED) is 0.888. The van der Waals surface area contributed by atoms with Crippen molar-refractivity contribution < 1.29 is 4.79 Å². The van der Waals surface area contributed by atoms with Crippen LogP contribution in [0, 0.1) is 6.92 Å². The number of hydrogen-bond donors (Lipinski definition) is 1. The number of hydrogen-bond acceptors (Lipinski definition) is 3. The predicted octanol–water partition coefficient (Wildman–Crippen LogP) is 4.49. The molecular weight excluding hydrogens is 280 g/mol. The van der Waals surface area contributed by atoms with Crippen molar-refractivity contribution in [3.8, 4) is 0 Å². The second-order valence-corrected chi connectivity index (χ2v) is 7.33. The zero-order chi connectivity index (χ0) is 15.2. The number of thiazole rings is 1.